The molecule has 0 radical (unpaired) electrons. The van der Waals surface area contributed by atoms with Crippen LogP contribution in [0, 0.1) is 35.5 Å². The van der Waals surface area contributed by atoms with Crippen molar-refractivity contribution in [2.45, 2.75) is 93.0 Å². The standard InChI is InChI=1S/C17H25IO.C17H26O.CH4.2F2.2O2S/c1-12-13(2)16(19-17(11-18)14(12)3)10-9-15-7-5-4-6-8-15;1-5-13(2)14(3)15(4)17(18)12-11-16-9-7-6-8-10-16;;2*1-2;2*1-3-2/h4-8,12-14,16-17H,9-11H2,1-3H3;5-10,13-15,17-18H,1,11-12H2,2-4H3;1H4;;;;/t12-,13+,14-,16+,17-;13-,14?,15-,17-;;;;;/m10...../s1. The van der Waals surface area contributed by atoms with Crippen molar-refractivity contribution in [2.75, 3.05) is 4.43 Å². The normalized spacial score (nSPS) is 21.4. The smallest absolute Gasteiger partial charge is 0.335 e. The SMILES string of the molecule is C.C=C[C@H](C)C(C)[C@H](C)[C@@H](O)CCc1ccccc1.C[C@H]1[C@@H](C)[C@@H](CI)O[C@@H](CCc2ccccc2)[C@H]1C.FF.FF.O=S=O.O=S=O. The highest BCUT2D eigenvalue weighted by Gasteiger charge is 2.38. The molecule has 278 valence electrons. The first kappa shape index (κ1) is 53.0. The molecular weight excluding hydrogens is 783 g/mol. The number of aryl methyl sites for hydroxylation is 2. The summed E-state index contributed by atoms with van der Waals surface area (Å²) in [4.78, 5) is 0. The van der Waals surface area contributed by atoms with Crippen LogP contribution in [0.4, 0.5) is 18.3 Å². The molecule has 1 fully saturated rings. The number of halogens is 5. The van der Waals surface area contributed by atoms with Crippen LogP contribution < -0.4 is 0 Å². The Labute approximate surface area is 306 Å². The van der Waals surface area contributed by atoms with Gasteiger partial charge in [-0.3, -0.25) is 0 Å². The lowest BCUT2D eigenvalue weighted by Gasteiger charge is -2.43. The van der Waals surface area contributed by atoms with Crippen LogP contribution in [-0.4, -0.2) is 44.7 Å². The fourth-order valence-corrected chi connectivity index (χ4v) is 6.37. The van der Waals surface area contributed by atoms with E-state index < -0.39 is 23.1 Å². The molecule has 1 heterocycles. The zero-order valence-corrected chi connectivity index (χ0v) is 31.8. The fourth-order valence-electron chi connectivity index (χ4n) is 5.36. The summed E-state index contributed by atoms with van der Waals surface area (Å²) in [5.74, 6) is 3.33. The third-order valence-electron chi connectivity index (χ3n) is 9.10. The molecule has 0 aromatic heterocycles. The number of rotatable bonds is 11. The van der Waals surface area contributed by atoms with Crippen molar-refractivity contribution < 1.29 is 45.0 Å². The average molecular weight is 839 g/mol. The number of benzene rings is 2. The van der Waals surface area contributed by atoms with Crippen molar-refractivity contribution in [1.29, 1.82) is 0 Å². The maximum Gasteiger partial charge on any atom is 0.335 e. The minimum atomic E-state index is -0.750. The molecule has 2 aromatic carbocycles. The van der Waals surface area contributed by atoms with Gasteiger partial charge in [-0.2, -0.15) is 16.8 Å². The van der Waals surface area contributed by atoms with Gasteiger partial charge in [-0.05, 0) is 72.3 Å². The summed E-state index contributed by atoms with van der Waals surface area (Å²) >= 11 is 0.964. The lowest BCUT2D eigenvalue weighted by atomic mass is 9.75. The number of hydrogen-bond acceptors (Lipinski definition) is 6. The summed E-state index contributed by atoms with van der Waals surface area (Å²) < 4.78 is 72.6. The van der Waals surface area contributed by atoms with Gasteiger partial charge in [0.25, 0.3) is 0 Å². The summed E-state index contributed by atoms with van der Waals surface area (Å²) in [7, 11) is 0. The maximum absolute atomic E-state index is 10.3. The van der Waals surface area contributed by atoms with Gasteiger partial charge in [-0.1, -0.05) is 138 Å². The van der Waals surface area contributed by atoms with Gasteiger partial charge in [0.15, 0.2) is 0 Å². The molecule has 48 heavy (non-hydrogen) atoms. The third-order valence-corrected chi connectivity index (χ3v) is 9.97. The van der Waals surface area contributed by atoms with E-state index >= 15 is 0 Å². The van der Waals surface area contributed by atoms with E-state index in [1.54, 1.807) is 0 Å². The monoisotopic (exact) mass is 838 g/mol. The summed E-state index contributed by atoms with van der Waals surface area (Å²) in [5, 5.41) is 10.3. The lowest BCUT2D eigenvalue weighted by Crippen LogP contribution is -2.45. The second-order valence-corrected chi connectivity index (χ2v) is 12.7. The number of ether oxygens (including phenoxy) is 1. The average Bonchev–Trinajstić information content (AvgIpc) is 3.12. The number of alkyl halides is 1. The Kier molecular flexibility index (Phi) is 38.7. The molecule has 1 saturated heterocycles. The Morgan fingerprint density at radius 3 is 1.56 bits per heavy atom. The summed E-state index contributed by atoms with van der Waals surface area (Å²) in [6, 6.07) is 21.1. The van der Waals surface area contributed by atoms with Crippen LogP contribution in [-0.2, 0) is 40.7 Å². The van der Waals surface area contributed by atoms with E-state index in [0.717, 1.165) is 36.0 Å². The highest BCUT2D eigenvalue weighted by atomic mass is 127. The van der Waals surface area contributed by atoms with Crippen LogP contribution in [0.3, 0.4) is 0 Å². The summed E-state index contributed by atoms with van der Waals surface area (Å²) in [5.41, 5.74) is 2.73. The minimum absolute atomic E-state index is 0. The van der Waals surface area contributed by atoms with Crippen molar-refractivity contribution in [3.63, 3.8) is 0 Å². The molecule has 1 unspecified atom stereocenters. The third kappa shape index (κ3) is 22.8. The van der Waals surface area contributed by atoms with Gasteiger partial charge >= 0.3 is 23.1 Å². The van der Waals surface area contributed by atoms with E-state index in [-0.39, 0.29) is 13.5 Å². The number of aliphatic hydroxyl groups excluding tert-OH is 1. The van der Waals surface area contributed by atoms with E-state index in [0.29, 0.717) is 41.8 Å². The zero-order chi connectivity index (χ0) is 36.8. The molecule has 0 amide bonds. The molecule has 13 heteroatoms. The second kappa shape index (κ2) is 35.0. The molecule has 6 nitrogen and oxygen atoms in total. The van der Waals surface area contributed by atoms with Crippen molar-refractivity contribution in [2.24, 2.45) is 35.5 Å². The first-order valence-corrected chi connectivity index (χ1v) is 18.1. The van der Waals surface area contributed by atoms with E-state index in [4.69, 9.17) is 39.9 Å². The van der Waals surface area contributed by atoms with Crippen LogP contribution in [0.1, 0.15) is 72.9 Å². The lowest BCUT2D eigenvalue weighted by molar-refractivity contribution is -0.123. The molecule has 0 spiro atoms. The molecule has 1 aliphatic rings. The summed E-state index contributed by atoms with van der Waals surface area (Å²) in [6.45, 7) is 17.4. The van der Waals surface area contributed by atoms with Crippen LogP contribution in [0.15, 0.2) is 73.3 Å². The molecule has 9 atom stereocenters. The quantitative estimate of drug-likeness (QED) is 0.105. The van der Waals surface area contributed by atoms with Crippen molar-refractivity contribution in [3.8, 4) is 0 Å². The number of hydrogen-bond donors (Lipinski definition) is 1. The van der Waals surface area contributed by atoms with E-state index in [1.807, 2.05) is 24.3 Å². The Bertz CT molecular complexity index is 1070. The second-order valence-electron chi connectivity index (χ2n) is 11.5. The van der Waals surface area contributed by atoms with Gasteiger partial charge < -0.3 is 9.84 Å². The molecule has 2 aromatic rings. The predicted molar refractivity (Wildman–Crippen MR) is 197 cm³/mol. The van der Waals surface area contributed by atoms with Gasteiger partial charge in [-0.15, -0.1) is 6.58 Å². The Morgan fingerprint density at radius 1 is 0.771 bits per heavy atom. The van der Waals surface area contributed by atoms with Gasteiger partial charge in [0.1, 0.15) is 0 Å². The minimum Gasteiger partial charge on any atom is -0.393 e. The van der Waals surface area contributed by atoms with E-state index in [1.165, 1.54) is 11.1 Å². The van der Waals surface area contributed by atoms with Crippen LogP contribution in [0.5, 0.6) is 0 Å². The van der Waals surface area contributed by atoms with Gasteiger partial charge in [-0.25, -0.2) is 0 Å². The van der Waals surface area contributed by atoms with Crippen LogP contribution in [0.2, 0.25) is 0 Å². The molecule has 0 aliphatic carbocycles. The number of aliphatic hydroxyl groups is 1. The summed E-state index contributed by atoms with van der Waals surface area (Å²) in [6.07, 6.45) is 6.66. The molecule has 1 aliphatic heterocycles. The van der Waals surface area contributed by atoms with Crippen molar-refractivity contribution in [3.05, 3.63) is 84.4 Å². The fraction of sp³-hybridized carbons (Fsp3) is 0.600. The Balaban J connectivity index is -0.000000313. The highest BCUT2D eigenvalue weighted by molar-refractivity contribution is 14.1. The first-order chi connectivity index (χ1) is 22.5. The van der Waals surface area contributed by atoms with Gasteiger partial charge in [0.2, 0.25) is 0 Å². The first-order valence-electron chi connectivity index (χ1n) is 15.2. The van der Waals surface area contributed by atoms with Crippen molar-refractivity contribution >= 4 is 45.7 Å². The maximum atomic E-state index is 10.3. The molecule has 3 rings (SSSR count). The molecule has 0 saturated carbocycles. The van der Waals surface area contributed by atoms with Gasteiger partial charge in [0.05, 0.1) is 18.3 Å². The van der Waals surface area contributed by atoms with Crippen LogP contribution in [0.25, 0.3) is 0 Å². The molecular formula is C35H55F4IO6S2. The zero-order valence-electron chi connectivity index (χ0n) is 28.0. The topological polar surface area (TPSA) is 97.7 Å². The van der Waals surface area contributed by atoms with Crippen molar-refractivity contribution in [1.82, 2.24) is 0 Å². The van der Waals surface area contributed by atoms with Gasteiger partial charge in [0, 0.05) is 22.7 Å². The van der Waals surface area contributed by atoms with Crippen LogP contribution >= 0.6 is 22.6 Å². The van der Waals surface area contributed by atoms with E-state index in [2.05, 4.69) is 113 Å². The highest BCUT2D eigenvalue weighted by Crippen LogP contribution is 2.37. The Morgan fingerprint density at radius 2 is 1.17 bits per heavy atom. The van der Waals surface area contributed by atoms with E-state index in [9.17, 15) is 5.11 Å². The number of allylic oxidation sites excluding steroid dienone is 1. The molecule has 0 bridgehead atoms. The Hall–Kier alpha value is -1.81. The molecule has 1 N–H and O–H groups in total. The predicted octanol–water partition coefficient (Wildman–Crippen LogP) is 9.78. The largest absolute Gasteiger partial charge is 0.393 e.